The summed E-state index contributed by atoms with van der Waals surface area (Å²) in [6.45, 7) is 0.0139. The normalized spacial score (nSPS) is 10.2. The summed E-state index contributed by atoms with van der Waals surface area (Å²) in [5.41, 5.74) is 0.834. The van der Waals surface area contributed by atoms with Crippen LogP contribution in [0.5, 0.6) is 0 Å². The fraction of sp³-hybridized carbons (Fsp3) is 0.100. The zero-order valence-corrected chi connectivity index (χ0v) is 14.8. The Hall–Kier alpha value is -3.61. The zero-order valence-electron chi connectivity index (χ0n) is 14.1. The largest absolute Gasteiger partial charge is 0.332 e. The van der Waals surface area contributed by atoms with E-state index >= 15 is 0 Å². The fourth-order valence-corrected chi connectivity index (χ4v) is 2.98. The van der Waals surface area contributed by atoms with E-state index in [2.05, 4.69) is 6.07 Å². The Morgan fingerprint density at radius 3 is 1.81 bits per heavy atom. The van der Waals surface area contributed by atoms with Crippen molar-refractivity contribution in [2.24, 2.45) is 0 Å². The molecule has 7 heteroatoms. The first-order valence-electron chi connectivity index (χ1n) is 8.01. The van der Waals surface area contributed by atoms with Crippen LogP contribution >= 0.6 is 11.6 Å². The molecular weight excluding hydrogens is 364 g/mol. The highest BCUT2D eigenvalue weighted by atomic mass is 35.5. The Kier molecular flexibility index (Phi) is 5.21. The van der Waals surface area contributed by atoms with Crippen molar-refractivity contribution in [3.05, 3.63) is 103 Å². The maximum atomic E-state index is 12.9. The molecule has 0 bridgehead atoms. The first kappa shape index (κ1) is 18.2. The van der Waals surface area contributed by atoms with E-state index in [1.807, 2.05) is 6.07 Å². The molecule has 3 rings (SSSR count). The Labute approximate surface area is 159 Å². The van der Waals surface area contributed by atoms with Gasteiger partial charge < -0.3 is 0 Å². The topological polar surface area (TPSA) is 91.6 Å². The van der Waals surface area contributed by atoms with E-state index in [0.717, 1.165) is 10.6 Å². The molecule has 0 fully saturated rings. The van der Waals surface area contributed by atoms with Crippen LogP contribution in [-0.4, -0.2) is 9.13 Å². The standard InChI is InChI=1S/C20H13ClN4O2/c21-18-9-19(26)25(13-17-8-4-2-6-15(17)11-23)20(27)24(18)12-16-7-3-1-5-14(16)10-22/h1-9H,12-13H2. The number of hydrogen-bond acceptors (Lipinski definition) is 4. The van der Waals surface area contributed by atoms with Crippen molar-refractivity contribution in [2.75, 3.05) is 0 Å². The van der Waals surface area contributed by atoms with Gasteiger partial charge in [-0.15, -0.1) is 0 Å². The number of halogens is 1. The van der Waals surface area contributed by atoms with Gasteiger partial charge in [-0.3, -0.25) is 13.9 Å². The Morgan fingerprint density at radius 2 is 1.30 bits per heavy atom. The van der Waals surface area contributed by atoms with Crippen LogP contribution in [-0.2, 0) is 13.1 Å². The third-order valence-electron chi connectivity index (χ3n) is 4.16. The van der Waals surface area contributed by atoms with Crippen LogP contribution in [0.25, 0.3) is 0 Å². The van der Waals surface area contributed by atoms with Gasteiger partial charge in [0.25, 0.3) is 5.56 Å². The lowest BCUT2D eigenvalue weighted by molar-refractivity contribution is 0.612. The second-order valence-electron chi connectivity index (χ2n) is 5.80. The van der Waals surface area contributed by atoms with Gasteiger partial charge in [-0.25, -0.2) is 4.79 Å². The summed E-state index contributed by atoms with van der Waals surface area (Å²) in [6.07, 6.45) is 0. The average molecular weight is 377 g/mol. The second-order valence-corrected chi connectivity index (χ2v) is 6.19. The lowest BCUT2D eigenvalue weighted by atomic mass is 10.1. The van der Waals surface area contributed by atoms with Gasteiger partial charge in [0.1, 0.15) is 5.15 Å². The molecule has 1 aromatic heterocycles. The molecule has 0 radical (unpaired) electrons. The summed E-state index contributed by atoms with van der Waals surface area (Å²) in [6, 6.07) is 18.9. The minimum absolute atomic E-state index is 0.0115. The summed E-state index contributed by atoms with van der Waals surface area (Å²) in [5, 5.41) is 18.4. The molecule has 1 heterocycles. The van der Waals surface area contributed by atoms with Crippen LogP contribution in [0.1, 0.15) is 22.3 Å². The van der Waals surface area contributed by atoms with Crippen molar-refractivity contribution in [3.8, 4) is 12.1 Å². The predicted molar refractivity (Wildman–Crippen MR) is 100 cm³/mol. The maximum absolute atomic E-state index is 12.9. The van der Waals surface area contributed by atoms with E-state index in [4.69, 9.17) is 11.6 Å². The Balaban J connectivity index is 2.09. The van der Waals surface area contributed by atoms with Crippen molar-refractivity contribution in [1.82, 2.24) is 9.13 Å². The number of aromatic nitrogens is 2. The monoisotopic (exact) mass is 376 g/mol. The SMILES string of the molecule is N#Cc1ccccc1Cn1c(Cl)cc(=O)n(Cc2ccccc2C#N)c1=O. The smallest absolute Gasteiger partial charge is 0.279 e. The molecule has 0 aliphatic heterocycles. The molecule has 3 aromatic rings. The van der Waals surface area contributed by atoms with E-state index in [-0.39, 0.29) is 18.2 Å². The number of rotatable bonds is 4. The molecule has 0 N–H and O–H groups in total. The Morgan fingerprint density at radius 1 is 0.815 bits per heavy atom. The summed E-state index contributed by atoms with van der Waals surface area (Å²) in [4.78, 5) is 25.2. The van der Waals surface area contributed by atoms with Gasteiger partial charge >= 0.3 is 5.69 Å². The third-order valence-corrected chi connectivity index (χ3v) is 4.47. The van der Waals surface area contributed by atoms with E-state index in [0.29, 0.717) is 22.3 Å². The van der Waals surface area contributed by atoms with Crippen molar-refractivity contribution >= 4 is 11.6 Å². The summed E-state index contributed by atoms with van der Waals surface area (Å²) >= 11 is 6.13. The van der Waals surface area contributed by atoms with Crippen molar-refractivity contribution in [2.45, 2.75) is 13.1 Å². The number of nitrogens with zero attached hydrogens (tertiary/aromatic N) is 4. The highest BCUT2D eigenvalue weighted by Crippen LogP contribution is 2.12. The van der Waals surface area contributed by atoms with E-state index in [9.17, 15) is 20.1 Å². The van der Waals surface area contributed by atoms with Crippen LogP contribution in [0.2, 0.25) is 5.15 Å². The molecule has 2 aromatic carbocycles. The molecular formula is C20H13ClN4O2. The molecule has 132 valence electrons. The minimum Gasteiger partial charge on any atom is -0.279 e. The van der Waals surface area contributed by atoms with Gasteiger partial charge in [-0.1, -0.05) is 48.0 Å². The fourth-order valence-electron chi connectivity index (χ4n) is 2.75. The molecule has 0 aliphatic carbocycles. The van der Waals surface area contributed by atoms with Crippen molar-refractivity contribution in [1.29, 1.82) is 10.5 Å². The van der Waals surface area contributed by atoms with Crippen LogP contribution in [0.4, 0.5) is 0 Å². The molecule has 27 heavy (non-hydrogen) atoms. The van der Waals surface area contributed by atoms with E-state index < -0.39 is 11.2 Å². The molecule has 6 nitrogen and oxygen atoms in total. The van der Waals surface area contributed by atoms with Crippen LogP contribution in [0.15, 0.2) is 64.2 Å². The minimum atomic E-state index is -0.604. The first-order chi connectivity index (χ1) is 13.0. The van der Waals surface area contributed by atoms with E-state index in [1.165, 1.54) is 4.57 Å². The van der Waals surface area contributed by atoms with Gasteiger partial charge in [0.05, 0.1) is 36.4 Å². The zero-order chi connectivity index (χ0) is 19.4. The molecule has 0 unspecified atom stereocenters. The molecule has 0 aliphatic rings. The summed E-state index contributed by atoms with van der Waals surface area (Å²) in [5.74, 6) is 0. The highest BCUT2D eigenvalue weighted by Gasteiger charge is 2.13. The second kappa shape index (κ2) is 7.74. The van der Waals surface area contributed by atoms with Gasteiger partial charge in [-0.05, 0) is 23.3 Å². The Bertz CT molecular complexity index is 1210. The molecule has 0 atom stereocenters. The van der Waals surface area contributed by atoms with Crippen molar-refractivity contribution in [3.63, 3.8) is 0 Å². The number of nitriles is 2. The molecule has 0 spiro atoms. The van der Waals surface area contributed by atoms with Crippen LogP contribution in [0.3, 0.4) is 0 Å². The highest BCUT2D eigenvalue weighted by molar-refractivity contribution is 6.29. The summed E-state index contributed by atoms with van der Waals surface area (Å²) < 4.78 is 2.26. The molecule has 0 saturated carbocycles. The lowest BCUT2D eigenvalue weighted by Crippen LogP contribution is -2.40. The predicted octanol–water partition coefficient (Wildman–Crippen LogP) is 2.50. The van der Waals surface area contributed by atoms with Gasteiger partial charge in [0.15, 0.2) is 0 Å². The van der Waals surface area contributed by atoms with Crippen LogP contribution < -0.4 is 11.2 Å². The average Bonchev–Trinajstić information content (AvgIpc) is 2.69. The van der Waals surface area contributed by atoms with E-state index in [1.54, 1.807) is 48.5 Å². The first-order valence-corrected chi connectivity index (χ1v) is 8.39. The van der Waals surface area contributed by atoms with Gasteiger partial charge in [0, 0.05) is 6.07 Å². The lowest BCUT2D eigenvalue weighted by Gasteiger charge is -2.13. The number of benzene rings is 2. The van der Waals surface area contributed by atoms with Crippen LogP contribution in [0, 0.1) is 22.7 Å². The molecule has 0 amide bonds. The van der Waals surface area contributed by atoms with Gasteiger partial charge in [0.2, 0.25) is 0 Å². The maximum Gasteiger partial charge on any atom is 0.332 e. The number of hydrogen-bond donors (Lipinski definition) is 0. The quantitative estimate of drug-likeness (QED) is 0.654. The molecule has 0 saturated heterocycles. The summed E-state index contributed by atoms with van der Waals surface area (Å²) in [7, 11) is 0. The third kappa shape index (κ3) is 3.67. The van der Waals surface area contributed by atoms with Crippen molar-refractivity contribution < 1.29 is 0 Å². The van der Waals surface area contributed by atoms with Gasteiger partial charge in [-0.2, -0.15) is 10.5 Å².